The Morgan fingerprint density at radius 3 is 2.53 bits per heavy atom. The van der Waals surface area contributed by atoms with Gasteiger partial charge in [0.05, 0.1) is 0 Å². The van der Waals surface area contributed by atoms with Crippen molar-refractivity contribution >= 4 is 22.6 Å². The Balaban J connectivity index is 1.13. The van der Waals surface area contributed by atoms with Crippen molar-refractivity contribution < 1.29 is 9.18 Å². The van der Waals surface area contributed by atoms with E-state index >= 15 is 0 Å². The van der Waals surface area contributed by atoms with E-state index in [1.807, 2.05) is 6.07 Å². The fraction of sp³-hybridized carbons (Fsp3) is 0.423. The summed E-state index contributed by atoms with van der Waals surface area (Å²) in [5, 5.41) is 4.11. The van der Waals surface area contributed by atoms with Gasteiger partial charge >= 0.3 is 0 Å². The highest BCUT2D eigenvalue weighted by Gasteiger charge is 2.34. The van der Waals surface area contributed by atoms with E-state index in [0.717, 1.165) is 62.6 Å². The molecule has 6 nitrogen and oxygen atoms in total. The van der Waals surface area contributed by atoms with Crippen molar-refractivity contribution in [2.75, 3.05) is 24.5 Å². The third-order valence-electron chi connectivity index (χ3n) is 6.72. The smallest absolute Gasteiger partial charge is 0.243 e. The summed E-state index contributed by atoms with van der Waals surface area (Å²) >= 11 is 1.34. The minimum Gasteiger partial charge on any atom is -0.351 e. The molecule has 2 aliphatic heterocycles. The van der Waals surface area contributed by atoms with Crippen LogP contribution in [0.3, 0.4) is 0 Å². The molecule has 2 saturated heterocycles. The molecule has 0 aliphatic carbocycles. The average molecular weight is 480 g/mol. The number of hydrogen-bond acceptors (Lipinski definition) is 6. The number of piperidine rings is 1. The first-order valence-corrected chi connectivity index (χ1v) is 12.8. The number of hydrogen-bond donors (Lipinski definition) is 1. The third-order valence-corrected chi connectivity index (χ3v) is 7.51. The van der Waals surface area contributed by atoms with Gasteiger partial charge in [-0.25, -0.2) is 9.37 Å². The van der Waals surface area contributed by atoms with Crippen molar-refractivity contribution in [2.45, 2.75) is 50.7 Å². The maximum atomic E-state index is 13.2. The molecule has 34 heavy (non-hydrogen) atoms. The predicted molar refractivity (Wildman–Crippen MR) is 132 cm³/mol. The molecule has 2 fully saturated rings. The van der Waals surface area contributed by atoms with Gasteiger partial charge in [-0.15, -0.1) is 0 Å². The Morgan fingerprint density at radius 1 is 1.00 bits per heavy atom. The van der Waals surface area contributed by atoms with Gasteiger partial charge in [0.1, 0.15) is 17.7 Å². The van der Waals surface area contributed by atoms with Gasteiger partial charge in [-0.05, 0) is 48.9 Å². The van der Waals surface area contributed by atoms with Crippen LogP contribution in [-0.4, -0.2) is 51.9 Å². The lowest BCUT2D eigenvalue weighted by Gasteiger charge is -2.33. The normalized spacial score (nSPS) is 19.4. The average Bonchev–Trinajstić information content (AvgIpc) is 3.52. The number of carbonyl (C=O) groups is 1. The van der Waals surface area contributed by atoms with Crippen LogP contribution in [0.15, 0.2) is 54.6 Å². The van der Waals surface area contributed by atoms with Crippen LogP contribution >= 0.6 is 11.5 Å². The second-order valence-electron chi connectivity index (χ2n) is 9.19. The molecule has 178 valence electrons. The molecule has 2 aromatic carbocycles. The topological polar surface area (TPSA) is 61.4 Å². The zero-order chi connectivity index (χ0) is 23.3. The van der Waals surface area contributed by atoms with Crippen LogP contribution in [-0.2, 0) is 17.8 Å². The van der Waals surface area contributed by atoms with Gasteiger partial charge < -0.3 is 10.2 Å². The second-order valence-corrected chi connectivity index (χ2v) is 9.92. The molecule has 0 spiro atoms. The van der Waals surface area contributed by atoms with E-state index in [2.05, 4.69) is 43.8 Å². The summed E-state index contributed by atoms with van der Waals surface area (Å²) in [6.45, 7) is 3.78. The Labute approximate surface area is 204 Å². The largest absolute Gasteiger partial charge is 0.351 e. The van der Waals surface area contributed by atoms with Gasteiger partial charge in [-0.3, -0.25) is 9.69 Å². The summed E-state index contributed by atoms with van der Waals surface area (Å²) in [6, 6.07) is 17.0. The number of rotatable bonds is 7. The Bertz CT molecular complexity index is 1080. The SMILES string of the molecule is O=C(NC1CCN(Cc2ccccc2)CC1)C1CCCN1c1nc(Cc2ccc(F)cc2)ns1. The fourth-order valence-electron chi connectivity index (χ4n) is 4.86. The highest BCUT2D eigenvalue weighted by molar-refractivity contribution is 7.09. The highest BCUT2D eigenvalue weighted by Crippen LogP contribution is 2.28. The minimum atomic E-state index is -0.247. The number of likely N-dealkylation sites (tertiary alicyclic amines) is 1. The van der Waals surface area contributed by atoms with Crippen molar-refractivity contribution in [3.8, 4) is 0 Å². The summed E-state index contributed by atoms with van der Waals surface area (Å²) < 4.78 is 17.6. The molecule has 3 aromatic rings. The van der Waals surface area contributed by atoms with Crippen LogP contribution in [0.5, 0.6) is 0 Å². The van der Waals surface area contributed by atoms with Crippen LogP contribution < -0.4 is 10.2 Å². The zero-order valence-electron chi connectivity index (χ0n) is 19.2. The lowest BCUT2D eigenvalue weighted by atomic mass is 10.0. The van der Waals surface area contributed by atoms with E-state index < -0.39 is 0 Å². The summed E-state index contributed by atoms with van der Waals surface area (Å²) in [5.74, 6) is 0.571. The molecule has 0 saturated carbocycles. The first kappa shape index (κ1) is 22.9. The maximum absolute atomic E-state index is 13.2. The van der Waals surface area contributed by atoms with Crippen molar-refractivity contribution in [3.63, 3.8) is 0 Å². The molecule has 1 amide bonds. The third kappa shape index (κ3) is 5.62. The Kier molecular flexibility index (Phi) is 7.16. The van der Waals surface area contributed by atoms with Gasteiger partial charge in [-0.1, -0.05) is 42.5 Å². The number of anilines is 1. The first-order chi connectivity index (χ1) is 16.6. The fourth-order valence-corrected chi connectivity index (χ4v) is 5.62. The van der Waals surface area contributed by atoms with Crippen molar-refractivity contribution in [2.24, 2.45) is 0 Å². The minimum absolute atomic E-state index is 0.106. The molecule has 1 aromatic heterocycles. The van der Waals surface area contributed by atoms with Crippen molar-refractivity contribution in [1.29, 1.82) is 0 Å². The number of amides is 1. The van der Waals surface area contributed by atoms with Crippen molar-refractivity contribution in [1.82, 2.24) is 19.6 Å². The lowest BCUT2D eigenvalue weighted by molar-refractivity contribution is -0.123. The lowest BCUT2D eigenvalue weighted by Crippen LogP contribution is -2.50. The van der Waals surface area contributed by atoms with Crippen molar-refractivity contribution in [3.05, 3.63) is 77.4 Å². The number of carbonyl (C=O) groups excluding carboxylic acids is 1. The Morgan fingerprint density at radius 2 is 1.76 bits per heavy atom. The molecule has 1 N–H and O–H groups in total. The standard InChI is InChI=1S/C26H30FN5OS/c27-21-10-8-19(9-11-21)17-24-29-26(34-30-24)32-14-4-7-23(32)25(33)28-22-12-15-31(16-13-22)18-20-5-2-1-3-6-20/h1-3,5-6,8-11,22-23H,4,7,12-18H2,(H,28,33). The predicted octanol–water partition coefficient (Wildman–Crippen LogP) is 4.02. The quantitative estimate of drug-likeness (QED) is 0.555. The summed E-state index contributed by atoms with van der Waals surface area (Å²) in [6.07, 6.45) is 4.33. The molecule has 1 atom stereocenters. The molecule has 2 aliphatic rings. The van der Waals surface area contributed by atoms with Crippen LogP contribution in [0.4, 0.5) is 9.52 Å². The van der Waals surface area contributed by atoms with Gasteiger partial charge in [0.2, 0.25) is 11.0 Å². The molecule has 1 unspecified atom stereocenters. The van der Waals surface area contributed by atoms with Gasteiger partial charge in [0, 0.05) is 50.2 Å². The number of aromatic nitrogens is 2. The Hall–Kier alpha value is -2.84. The number of benzene rings is 2. The van der Waals surface area contributed by atoms with Gasteiger partial charge in [0.15, 0.2) is 0 Å². The molecule has 0 radical (unpaired) electrons. The monoisotopic (exact) mass is 479 g/mol. The van der Waals surface area contributed by atoms with Gasteiger partial charge in [-0.2, -0.15) is 4.37 Å². The number of halogens is 1. The van der Waals surface area contributed by atoms with E-state index in [1.165, 1.54) is 29.2 Å². The molecule has 0 bridgehead atoms. The van der Waals surface area contributed by atoms with Gasteiger partial charge in [0.25, 0.3) is 0 Å². The number of nitrogens with zero attached hydrogens (tertiary/aromatic N) is 4. The molecular weight excluding hydrogens is 449 g/mol. The summed E-state index contributed by atoms with van der Waals surface area (Å²) in [7, 11) is 0. The van der Waals surface area contributed by atoms with Crippen LogP contribution in [0.2, 0.25) is 0 Å². The maximum Gasteiger partial charge on any atom is 0.243 e. The highest BCUT2D eigenvalue weighted by atomic mass is 32.1. The summed E-state index contributed by atoms with van der Waals surface area (Å²) in [5.41, 5.74) is 2.31. The summed E-state index contributed by atoms with van der Waals surface area (Å²) in [4.78, 5) is 22.4. The molecule has 3 heterocycles. The van der Waals surface area contributed by atoms with E-state index in [0.29, 0.717) is 12.2 Å². The first-order valence-electron chi connectivity index (χ1n) is 12.0. The van der Waals surface area contributed by atoms with E-state index in [-0.39, 0.29) is 23.8 Å². The second kappa shape index (κ2) is 10.6. The number of nitrogens with one attached hydrogen (secondary N) is 1. The molecule has 5 rings (SSSR count). The van der Waals surface area contributed by atoms with E-state index in [1.54, 1.807) is 12.1 Å². The molecular formula is C26H30FN5OS. The van der Waals surface area contributed by atoms with Crippen LogP contribution in [0.1, 0.15) is 42.6 Å². The van der Waals surface area contributed by atoms with E-state index in [4.69, 9.17) is 4.98 Å². The zero-order valence-corrected chi connectivity index (χ0v) is 20.0. The van der Waals surface area contributed by atoms with E-state index in [9.17, 15) is 9.18 Å². The molecule has 8 heteroatoms. The van der Waals surface area contributed by atoms with Crippen LogP contribution in [0, 0.1) is 5.82 Å². The van der Waals surface area contributed by atoms with Crippen LogP contribution in [0.25, 0.3) is 0 Å².